The number of nitrogens with one attached hydrogen (secondary N) is 1. The van der Waals surface area contributed by atoms with Crippen molar-refractivity contribution >= 4 is 33.2 Å². The SMILES string of the molecule is COC(=O)c1sccc1S(=O)(=O)N1CCCC(NC(C)=O)C1. The molecule has 122 valence electrons. The summed E-state index contributed by atoms with van der Waals surface area (Å²) in [4.78, 5) is 22.9. The minimum atomic E-state index is -3.78. The van der Waals surface area contributed by atoms with E-state index in [9.17, 15) is 18.0 Å². The molecular weight excluding hydrogens is 328 g/mol. The Bertz CT molecular complexity index is 668. The van der Waals surface area contributed by atoms with E-state index in [0.717, 1.165) is 17.8 Å². The summed E-state index contributed by atoms with van der Waals surface area (Å²) in [5, 5.41) is 4.29. The fraction of sp³-hybridized carbons (Fsp3) is 0.538. The third kappa shape index (κ3) is 3.47. The van der Waals surface area contributed by atoms with Gasteiger partial charge in [0.2, 0.25) is 15.9 Å². The van der Waals surface area contributed by atoms with Crippen LogP contribution in [0.15, 0.2) is 16.3 Å². The number of carbonyl (C=O) groups is 2. The molecule has 1 aromatic heterocycles. The van der Waals surface area contributed by atoms with E-state index in [-0.39, 0.29) is 28.3 Å². The first-order chi connectivity index (χ1) is 10.4. The maximum Gasteiger partial charge on any atom is 0.349 e. The van der Waals surface area contributed by atoms with Gasteiger partial charge >= 0.3 is 5.97 Å². The van der Waals surface area contributed by atoms with Crippen LogP contribution in [0, 0.1) is 0 Å². The van der Waals surface area contributed by atoms with Crippen LogP contribution in [0.25, 0.3) is 0 Å². The zero-order chi connectivity index (χ0) is 16.3. The number of ether oxygens (including phenoxy) is 1. The molecule has 1 aliphatic heterocycles. The first kappa shape index (κ1) is 16.9. The normalized spacial score (nSPS) is 19.6. The summed E-state index contributed by atoms with van der Waals surface area (Å²) in [7, 11) is -2.57. The highest BCUT2D eigenvalue weighted by Crippen LogP contribution is 2.27. The Labute approximate surface area is 133 Å². The largest absolute Gasteiger partial charge is 0.465 e. The lowest BCUT2D eigenvalue weighted by molar-refractivity contribution is -0.119. The molecule has 22 heavy (non-hydrogen) atoms. The van der Waals surface area contributed by atoms with Crippen LogP contribution in [-0.2, 0) is 19.6 Å². The second-order valence-corrected chi connectivity index (χ2v) is 7.83. The molecule has 1 aromatic rings. The van der Waals surface area contributed by atoms with Crippen LogP contribution in [0.3, 0.4) is 0 Å². The molecule has 1 atom stereocenters. The van der Waals surface area contributed by atoms with E-state index in [4.69, 9.17) is 0 Å². The molecule has 1 saturated heterocycles. The van der Waals surface area contributed by atoms with Gasteiger partial charge in [-0.2, -0.15) is 4.31 Å². The maximum absolute atomic E-state index is 12.7. The Morgan fingerprint density at radius 3 is 2.82 bits per heavy atom. The monoisotopic (exact) mass is 346 g/mol. The van der Waals surface area contributed by atoms with E-state index in [1.165, 1.54) is 24.4 Å². The quantitative estimate of drug-likeness (QED) is 0.815. The third-order valence-corrected chi connectivity index (χ3v) is 6.34. The van der Waals surface area contributed by atoms with E-state index >= 15 is 0 Å². The molecule has 7 nitrogen and oxygen atoms in total. The number of hydrogen-bond donors (Lipinski definition) is 1. The van der Waals surface area contributed by atoms with Crippen LogP contribution < -0.4 is 5.32 Å². The highest BCUT2D eigenvalue weighted by Gasteiger charge is 2.34. The summed E-state index contributed by atoms with van der Waals surface area (Å²) in [5.74, 6) is -0.848. The van der Waals surface area contributed by atoms with E-state index in [2.05, 4.69) is 10.1 Å². The Morgan fingerprint density at radius 1 is 1.45 bits per heavy atom. The molecule has 1 aliphatic rings. The minimum Gasteiger partial charge on any atom is -0.465 e. The summed E-state index contributed by atoms with van der Waals surface area (Å²) in [6.45, 7) is 1.98. The van der Waals surface area contributed by atoms with Crippen LogP contribution >= 0.6 is 11.3 Å². The van der Waals surface area contributed by atoms with Gasteiger partial charge in [0.05, 0.1) is 7.11 Å². The number of nitrogens with zero attached hydrogens (tertiary/aromatic N) is 1. The van der Waals surface area contributed by atoms with Gasteiger partial charge < -0.3 is 10.1 Å². The van der Waals surface area contributed by atoms with E-state index in [1.807, 2.05) is 0 Å². The highest BCUT2D eigenvalue weighted by atomic mass is 32.2. The van der Waals surface area contributed by atoms with Gasteiger partial charge in [0.15, 0.2) is 0 Å². The summed E-state index contributed by atoms with van der Waals surface area (Å²) in [6, 6.07) is 1.20. The maximum atomic E-state index is 12.7. The van der Waals surface area contributed by atoms with Crippen LogP contribution in [-0.4, -0.2) is 50.8 Å². The van der Waals surface area contributed by atoms with E-state index in [0.29, 0.717) is 13.0 Å². The number of piperidine rings is 1. The van der Waals surface area contributed by atoms with Gasteiger partial charge in [-0.1, -0.05) is 0 Å². The van der Waals surface area contributed by atoms with Crippen molar-refractivity contribution in [3.05, 3.63) is 16.3 Å². The Morgan fingerprint density at radius 2 is 2.18 bits per heavy atom. The summed E-state index contributed by atoms with van der Waals surface area (Å²) >= 11 is 1.03. The van der Waals surface area contributed by atoms with Gasteiger partial charge in [0.25, 0.3) is 0 Å². The second kappa shape index (κ2) is 6.76. The first-order valence-corrected chi connectivity index (χ1v) is 9.11. The fourth-order valence-corrected chi connectivity index (χ4v) is 5.28. The van der Waals surface area contributed by atoms with E-state index < -0.39 is 16.0 Å². The molecule has 0 saturated carbocycles. The molecule has 0 aliphatic carbocycles. The van der Waals surface area contributed by atoms with Gasteiger partial charge in [-0.05, 0) is 24.3 Å². The standard InChI is InChI=1S/C13H18N2O5S2/c1-9(16)14-10-4-3-6-15(8-10)22(18,19)11-5-7-21-12(11)13(17)20-2/h5,7,10H,3-4,6,8H2,1-2H3,(H,14,16). The van der Waals surface area contributed by atoms with Gasteiger partial charge in [0, 0.05) is 26.1 Å². The molecule has 0 spiro atoms. The van der Waals surface area contributed by atoms with Crippen molar-refractivity contribution in [2.45, 2.75) is 30.7 Å². The molecule has 2 rings (SSSR count). The first-order valence-electron chi connectivity index (χ1n) is 6.79. The van der Waals surface area contributed by atoms with Gasteiger partial charge in [0.1, 0.15) is 9.77 Å². The summed E-state index contributed by atoms with van der Waals surface area (Å²) < 4.78 is 31.4. The van der Waals surface area contributed by atoms with Gasteiger partial charge in [-0.3, -0.25) is 4.79 Å². The number of carbonyl (C=O) groups excluding carboxylic acids is 2. The Kier molecular flexibility index (Phi) is 5.20. The molecule has 1 fully saturated rings. The van der Waals surface area contributed by atoms with E-state index in [1.54, 1.807) is 5.38 Å². The van der Waals surface area contributed by atoms with Crippen molar-refractivity contribution in [1.29, 1.82) is 0 Å². The van der Waals surface area contributed by atoms with Gasteiger partial charge in [-0.25, -0.2) is 13.2 Å². The molecule has 0 bridgehead atoms. The molecule has 0 radical (unpaired) electrons. The fourth-order valence-electron chi connectivity index (χ4n) is 2.45. The zero-order valence-corrected chi connectivity index (χ0v) is 14.0. The van der Waals surface area contributed by atoms with Crippen LogP contribution in [0.2, 0.25) is 0 Å². The average Bonchev–Trinajstić information content (AvgIpc) is 2.96. The number of hydrogen-bond acceptors (Lipinski definition) is 6. The Hall–Kier alpha value is -1.45. The van der Waals surface area contributed by atoms with Crippen molar-refractivity contribution in [2.24, 2.45) is 0 Å². The molecule has 1 amide bonds. The number of thiophene rings is 1. The van der Waals surface area contributed by atoms with Crippen molar-refractivity contribution in [2.75, 3.05) is 20.2 Å². The smallest absolute Gasteiger partial charge is 0.349 e. The molecular formula is C13H18N2O5S2. The molecule has 0 aromatic carbocycles. The molecule has 9 heteroatoms. The minimum absolute atomic E-state index is 0.0344. The number of esters is 1. The van der Waals surface area contributed by atoms with Crippen LogP contribution in [0.5, 0.6) is 0 Å². The summed E-state index contributed by atoms with van der Waals surface area (Å²) in [6.07, 6.45) is 1.39. The van der Waals surface area contributed by atoms with Crippen LogP contribution in [0.1, 0.15) is 29.4 Å². The number of sulfonamides is 1. The molecule has 1 N–H and O–H groups in total. The second-order valence-electron chi connectivity index (χ2n) is 5.01. The highest BCUT2D eigenvalue weighted by molar-refractivity contribution is 7.89. The number of amides is 1. The molecule has 2 heterocycles. The van der Waals surface area contributed by atoms with Crippen molar-refractivity contribution < 1.29 is 22.7 Å². The predicted molar refractivity (Wildman–Crippen MR) is 81.3 cm³/mol. The predicted octanol–water partition coefficient (Wildman–Crippen LogP) is 0.824. The van der Waals surface area contributed by atoms with Gasteiger partial charge in [-0.15, -0.1) is 11.3 Å². The van der Waals surface area contributed by atoms with Crippen molar-refractivity contribution in [3.63, 3.8) is 0 Å². The lowest BCUT2D eigenvalue weighted by Crippen LogP contribution is -2.49. The third-order valence-electron chi connectivity index (χ3n) is 3.41. The van der Waals surface area contributed by atoms with Crippen molar-refractivity contribution in [3.8, 4) is 0 Å². The summed E-state index contributed by atoms with van der Waals surface area (Å²) in [5.41, 5.74) is 0. The lowest BCUT2D eigenvalue weighted by Gasteiger charge is -2.32. The number of rotatable bonds is 4. The zero-order valence-electron chi connectivity index (χ0n) is 12.4. The lowest BCUT2D eigenvalue weighted by atomic mass is 10.1. The van der Waals surface area contributed by atoms with Crippen molar-refractivity contribution in [1.82, 2.24) is 9.62 Å². The number of methoxy groups -OCH3 is 1. The molecule has 1 unspecified atom stereocenters. The van der Waals surface area contributed by atoms with Crippen LogP contribution in [0.4, 0.5) is 0 Å². The topological polar surface area (TPSA) is 92.8 Å². The average molecular weight is 346 g/mol. The Balaban J connectivity index is 2.25.